The lowest BCUT2D eigenvalue weighted by molar-refractivity contribution is -0.150. The van der Waals surface area contributed by atoms with Crippen LogP contribution in [0.2, 0.25) is 0 Å². The van der Waals surface area contributed by atoms with Gasteiger partial charge in [0.15, 0.2) is 6.73 Å². The first-order valence-electron chi connectivity index (χ1n) is 9.23. The van der Waals surface area contributed by atoms with E-state index in [1.807, 2.05) is 67.2 Å². The zero-order chi connectivity index (χ0) is 20.1. The minimum Gasteiger partial charge on any atom is -0.443 e. The molecule has 0 amide bonds. The number of rotatable bonds is 7. The highest BCUT2D eigenvalue weighted by atomic mass is 79.9. The van der Waals surface area contributed by atoms with E-state index in [-0.39, 0.29) is 24.5 Å². The average molecular weight is 505 g/mol. The van der Waals surface area contributed by atoms with Gasteiger partial charge in [0, 0.05) is 21.3 Å². The Hall–Kier alpha value is -1.85. The molecule has 0 fully saturated rings. The summed E-state index contributed by atoms with van der Waals surface area (Å²) in [5.74, 6) is -0.308. The number of carbonyl (C=O) groups excluding carboxylic acids is 1. The number of hydrogen-bond donors (Lipinski definition) is 0. The molecule has 5 heteroatoms. The van der Waals surface area contributed by atoms with Crippen LogP contribution in [0.4, 0.5) is 0 Å². The van der Waals surface area contributed by atoms with Crippen LogP contribution in [0.3, 0.4) is 0 Å². The van der Waals surface area contributed by atoms with E-state index in [1.54, 1.807) is 0 Å². The third kappa shape index (κ3) is 5.58. The van der Waals surface area contributed by atoms with Gasteiger partial charge in [0.2, 0.25) is 0 Å². The fourth-order valence-electron chi connectivity index (χ4n) is 3.20. The maximum Gasteiger partial charge on any atom is 0.315 e. The summed E-state index contributed by atoms with van der Waals surface area (Å²) in [4.78, 5) is 12.7. The topological polar surface area (TPSA) is 31.2 Å². The van der Waals surface area contributed by atoms with E-state index in [2.05, 4.69) is 50.1 Å². The molecular formula is C23H23Br2NO2. The van der Waals surface area contributed by atoms with Crippen LogP contribution in [0.1, 0.15) is 36.5 Å². The summed E-state index contributed by atoms with van der Waals surface area (Å²) in [6, 6.07) is 18.2. The maximum atomic E-state index is 12.7. The maximum absolute atomic E-state index is 12.7. The van der Waals surface area contributed by atoms with Gasteiger partial charge in [-0.3, -0.25) is 4.79 Å². The molecule has 3 nitrogen and oxygen atoms in total. The molecule has 1 unspecified atom stereocenters. The predicted molar refractivity (Wildman–Crippen MR) is 119 cm³/mol. The van der Waals surface area contributed by atoms with Crippen LogP contribution in [0.25, 0.3) is 0 Å². The van der Waals surface area contributed by atoms with Crippen molar-refractivity contribution in [2.24, 2.45) is 5.92 Å². The van der Waals surface area contributed by atoms with E-state index in [0.717, 1.165) is 20.9 Å². The molecule has 0 N–H and O–H groups in total. The minimum absolute atomic E-state index is 0.159. The lowest BCUT2D eigenvalue weighted by Gasteiger charge is -2.20. The Morgan fingerprint density at radius 2 is 1.54 bits per heavy atom. The Balaban J connectivity index is 1.61. The van der Waals surface area contributed by atoms with Gasteiger partial charge in [-0.05, 0) is 59.4 Å². The Bertz CT molecular complexity index is 915. The summed E-state index contributed by atoms with van der Waals surface area (Å²) < 4.78 is 9.60. The molecule has 1 aromatic heterocycles. The Morgan fingerprint density at radius 1 is 0.929 bits per heavy atom. The zero-order valence-corrected chi connectivity index (χ0v) is 19.1. The van der Waals surface area contributed by atoms with Crippen LogP contribution in [0, 0.1) is 5.92 Å². The van der Waals surface area contributed by atoms with Gasteiger partial charge in [-0.25, -0.2) is 0 Å². The third-order valence-corrected chi connectivity index (χ3v) is 5.70. The molecule has 28 heavy (non-hydrogen) atoms. The van der Waals surface area contributed by atoms with Gasteiger partial charge in [-0.2, -0.15) is 0 Å². The molecule has 146 valence electrons. The largest absolute Gasteiger partial charge is 0.443 e. The highest BCUT2D eigenvalue weighted by molar-refractivity contribution is 9.10. The van der Waals surface area contributed by atoms with Crippen molar-refractivity contribution in [3.8, 4) is 0 Å². The lowest BCUT2D eigenvalue weighted by Crippen LogP contribution is -2.21. The van der Waals surface area contributed by atoms with Crippen LogP contribution in [0.5, 0.6) is 0 Å². The highest BCUT2D eigenvalue weighted by Crippen LogP contribution is 2.27. The first-order valence-corrected chi connectivity index (χ1v) is 10.8. The number of esters is 1. The standard InChI is InChI=1S/C23H23Br2NO2/c1-16(2)22(19-5-9-21(25)10-6-19)23(27)28-15-26-12-11-18(14-26)13-17-3-7-20(24)8-4-17/h3-12,14,16,22H,13,15H2,1-2H3. The Labute approximate surface area is 183 Å². The highest BCUT2D eigenvalue weighted by Gasteiger charge is 2.25. The molecule has 1 heterocycles. The van der Waals surface area contributed by atoms with Crippen molar-refractivity contribution in [1.82, 2.24) is 4.57 Å². The van der Waals surface area contributed by atoms with Crippen molar-refractivity contribution in [2.45, 2.75) is 32.9 Å². The molecular weight excluding hydrogens is 482 g/mol. The normalized spacial score (nSPS) is 12.2. The average Bonchev–Trinajstić information content (AvgIpc) is 3.11. The summed E-state index contributed by atoms with van der Waals surface area (Å²) >= 11 is 6.89. The van der Waals surface area contributed by atoms with Crippen molar-refractivity contribution in [3.05, 3.63) is 92.6 Å². The summed E-state index contributed by atoms with van der Waals surface area (Å²) in [7, 11) is 0. The molecule has 0 spiro atoms. The molecule has 2 aromatic carbocycles. The summed E-state index contributed by atoms with van der Waals surface area (Å²) in [5.41, 5.74) is 3.41. The van der Waals surface area contributed by atoms with Crippen LogP contribution in [-0.2, 0) is 22.7 Å². The molecule has 0 saturated carbocycles. The van der Waals surface area contributed by atoms with Crippen LogP contribution in [-0.4, -0.2) is 10.5 Å². The number of benzene rings is 2. The van der Waals surface area contributed by atoms with Crippen molar-refractivity contribution >= 4 is 37.8 Å². The van der Waals surface area contributed by atoms with E-state index in [0.29, 0.717) is 0 Å². The van der Waals surface area contributed by atoms with Crippen molar-refractivity contribution in [1.29, 1.82) is 0 Å². The first kappa shape index (κ1) is 20.9. The van der Waals surface area contributed by atoms with E-state index in [1.165, 1.54) is 11.1 Å². The number of ether oxygens (including phenoxy) is 1. The molecule has 0 aliphatic carbocycles. The zero-order valence-electron chi connectivity index (χ0n) is 15.9. The van der Waals surface area contributed by atoms with Gasteiger partial charge < -0.3 is 9.30 Å². The number of halogens is 2. The van der Waals surface area contributed by atoms with Crippen LogP contribution < -0.4 is 0 Å². The molecule has 0 saturated heterocycles. The molecule has 1 atom stereocenters. The van der Waals surface area contributed by atoms with Crippen LogP contribution >= 0.6 is 31.9 Å². The number of nitrogens with zero attached hydrogens (tertiary/aromatic N) is 1. The second-order valence-electron chi connectivity index (χ2n) is 7.20. The van der Waals surface area contributed by atoms with Crippen molar-refractivity contribution in [3.63, 3.8) is 0 Å². The SMILES string of the molecule is CC(C)C(C(=O)OCn1ccc(Cc2ccc(Br)cc2)c1)c1ccc(Br)cc1. The fourth-order valence-corrected chi connectivity index (χ4v) is 3.73. The summed E-state index contributed by atoms with van der Waals surface area (Å²) in [5, 5.41) is 0. The van der Waals surface area contributed by atoms with Crippen LogP contribution in [0.15, 0.2) is 75.9 Å². The number of carbonyl (C=O) groups is 1. The van der Waals surface area contributed by atoms with E-state index < -0.39 is 0 Å². The van der Waals surface area contributed by atoms with Gasteiger partial charge in [-0.15, -0.1) is 0 Å². The third-order valence-electron chi connectivity index (χ3n) is 4.64. The monoisotopic (exact) mass is 503 g/mol. The fraction of sp³-hybridized carbons (Fsp3) is 0.261. The van der Waals surface area contributed by atoms with Gasteiger partial charge in [-0.1, -0.05) is 70.0 Å². The van der Waals surface area contributed by atoms with Gasteiger partial charge in [0.05, 0.1) is 5.92 Å². The van der Waals surface area contributed by atoms with Gasteiger partial charge >= 0.3 is 5.97 Å². The second kappa shape index (κ2) is 9.57. The Kier molecular flexibility index (Phi) is 7.13. The van der Waals surface area contributed by atoms with Crippen molar-refractivity contribution < 1.29 is 9.53 Å². The molecule has 0 bridgehead atoms. The van der Waals surface area contributed by atoms with E-state index in [9.17, 15) is 4.79 Å². The lowest BCUT2D eigenvalue weighted by atomic mass is 9.88. The van der Waals surface area contributed by atoms with Crippen molar-refractivity contribution in [2.75, 3.05) is 0 Å². The van der Waals surface area contributed by atoms with Gasteiger partial charge in [0.1, 0.15) is 0 Å². The molecule has 0 aliphatic heterocycles. The minimum atomic E-state index is -0.272. The quantitative estimate of drug-likeness (QED) is 0.342. The van der Waals surface area contributed by atoms with Gasteiger partial charge in [0.25, 0.3) is 0 Å². The molecule has 0 radical (unpaired) electrons. The molecule has 3 rings (SSSR count). The number of hydrogen-bond acceptors (Lipinski definition) is 2. The van der Waals surface area contributed by atoms with E-state index >= 15 is 0 Å². The molecule has 0 aliphatic rings. The Morgan fingerprint density at radius 3 is 2.14 bits per heavy atom. The predicted octanol–water partition coefficient (Wildman–Crippen LogP) is 6.54. The summed E-state index contributed by atoms with van der Waals surface area (Å²) in [6.07, 6.45) is 4.83. The van der Waals surface area contributed by atoms with E-state index in [4.69, 9.17) is 4.74 Å². The second-order valence-corrected chi connectivity index (χ2v) is 9.03. The number of aromatic nitrogens is 1. The smallest absolute Gasteiger partial charge is 0.315 e. The first-order chi connectivity index (χ1) is 13.4. The summed E-state index contributed by atoms with van der Waals surface area (Å²) in [6.45, 7) is 4.30. The molecule has 3 aromatic rings.